The van der Waals surface area contributed by atoms with Gasteiger partial charge in [0.2, 0.25) is 10.0 Å². The van der Waals surface area contributed by atoms with E-state index < -0.39 is 16.1 Å². The molecule has 2 heterocycles. The van der Waals surface area contributed by atoms with Crippen LogP contribution < -0.4 is 4.72 Å². The summed E-state index contributed by atoms with van der Waals surface area (Å²) in [6.07, 6.45) is 3.19. The fourth-order valence-corrected chi connectivity index (χ4v) is 4.05. The van der Waals surface area contributed by atoms with Crippen LogP contribution in [-0.4, -0.2) is 23.5 Å². The Labute approximate surface area is 109 Å². The Balaban J connectivity index is 2.23. The van der Waals surface area contributed by atoms with Crippen molar-refractivity contribution < 1.29 is 13.5 Å². The highest BCUT2D eigenvalue weighted by molar-refractivity contribution is 7.89. The largest absolute Gasteiger partial charge is 0.391 e. The third-order valence-electron chi connectivity index (χ3n) is 2.40. The predicted octanol–water partition coefficient (Wildman–Crippen LogP) is 1.00. The molecule has 0 saturated carbocycles. The van der Waals surface area contributed by atoms with Crippen molar-refractivity contribution in [3.05, 3.63) is 34.5 Å². The van der Waals surface area contributed by atoms with Crippen molar-refractivity contribution in [2.24, 2.45) is 0 Å². The number of H-pyrrole nitrogens is 1. The van der Waals surface area contributed by atoms with E-state index in [1.54, 1.807) is 24.7 Å². The zero-order valence-electron chi connectivity index (χ0n) is 9.62. The molecule has 2 aromatic rings. The molecule has 0 bridgehead atoms. The van der Waals surface area contributed by atoms with Gasteiger partial charge in [-0.05, 0) is 18.4 Å². The molecule has 0 saturated heterocycles. The number of hydrogen-bond donors (Lipinski definition) is 3. The fourth-order valence-electron chi connectivity index (χ4n) is 1.55. The maximum absolute atomic E-state index is 12.1. The molecule has 18 heavy (non-hydrogen) atoms. The summed E-state index contributed by atoms with van der Waals surface area (Å²) in [7, 11) is -3.64. The highest BCUT2D eigenvalue weighted by Gasteiger charge is 2.23. The summed E-state index contributed by atoms with van der Waals surface area (Å²) in [5, 5.41) is 10.7. The lowest BCUT2D eigenvalue weighted by Crippen LogP contribution is -2.27. The minimum Gasteiger partial charge on any atom is -0.391 e. The predicted molar refractivity (Wildman–Crippen MR) is 67.6 cm³/mol. The lowest BCUT2D eigenvalue weighted by Gasteiger charge is -2.12. The van der Waals surface area contributed by atoms with E-state index in [0.29, 0.717) is 10.7 Å². The van der Waals surface area contributed by atoms with Crippen LogP contribution in [0.1, 0.15) is 23.7 Å². The zero-order chi connectivity index (χ0) is 13.2. The Morgan fingerprint density at radius 3 is 3.00 bits per heavy atom. The second-order valence-corrected chi connectivity index (χ2v) is 6.37. The van der Waals surface area contributed by atoms with Gasteiger partial charge in [0.1, 0.15) is 5.82 Å². The summed E-state index contributed by atoms with van der Waals surface area (Å²) in [4.78, 5) is 7.39. The van der Waals surface area contributed by atoms with Crippen LogP contribution in [0, 0.1) is 0 Å². The van der Waals surface area contributed by atoms with E-state index in [9.17, 15) is 8.42 Å². The van der Waals surface area contributed by atoms with Crippen molar-refractivity contribution in [3.63, 3.8) is 0 Å². The van der Waals surface area contributed by atoms with E-state index in [2.05, 4.69) is 14.7 Å². The van der Waals surface area contributed by atoms with Gasteiger partial charge in [-0.25, -0.2) is 18.1 Å². The van der Waals surface area contributed by atoms with Crippen LogP contribution >= 0.6 is 11.3 Å². The first-order chi connectivity index (χ1) is 8.54. The van der Waals surface area contributed by atoms with Crippen molar-refractivity contribution in [3.8, 4) is 0 Å². The standard InChI is InChI=1S/C10H13N3O3S2/c1-7(10-11-3-4-12-10)13-18(15,16)9-2-5-17-8(9)6-14/h2-5,7,13-14H,6H2,1H3,(H,11,12). The lowest BCUT2D eigenvalue weighted by molar-refractivity contribution is 0.282. The smallest absolute Gasteiger partial charge is 0.242 e. The van der Waals surface area contributed by atoms with Crippen LogP contribution in [-0.2, 0) is 16.6 Å². The molecular weight excluding hydrogens is 274 g/mol. The van der Waals surface area contributed by atoms with Crippen molar-refractivity contribution in [1.29, 1.82) is 0 Å². The Morgan fingerprint density at radius 2 is 2.39 bits per heavy atom. The fraction of sp³-hybridized carbons (Fsp3) is 0.300. The van der Waals surface area contributed by atoms with Gasteiger partial charge in [0, 0.05) is 17.3 Å². The number of hydrogen-bond acceptors (Lipinski definition) is 5. The van der Waals surface area contributed by atoms with Gasteiger partial charge < -0.3 is 10.1 Å². The molecule has 0 amide bonds. The number of thiophene rings is 1. The van der Waals surface area contributed by atoms with Crippen molar-refractivity contribution in [2.45, 2.75) is 24.5 Å². The van der Waals surface area contributed by atoms with E-state index in [0.717, 1.165) is 0 Å². The van der Waals surface area contributed by atoms with Crippen molar-refractivity contribution in [2.75, 3.05) is 0 Å². The molecule has 0 aromatic carbocycles. The summed E-state index contributed by atoms with van der Waals surface area (Å²) < 4.78 is 26.8. The van der Waals surface area contributed by atoms with Crippen LogP contribution in [0.2, 0.25) is 0 Å². The molecule has 1 unspecified atom stereocenters. The maximum atomic E-state index is 12.1. The normalized spacial score (nSPS) is 13.7. The number of sulfonamides is 1. The second kappa shape index (κ2) is 5.19. The second-order valence-electron chi connectivity index (χ2n) is 3.68. The molecule has 0 spiro atoms. The summed E-state index contributed by atoms with van der Waals surface area (Å²) in [6.45, 7) is 1.41. The SMILES string of the molecule is CC(NS(=O)(=O)c1ccsc1CO)c1ncc[nH]1. The molecule has 2 aromatic heterocycles. The number of nitrogens with one attached hydrogen (secondary N) is 2. The first-order valence-electron chi connectivity index (χ1n) is 5.23. The van der Waals surface area contributed by atoms with E-state index in [1.165, 1.54) is 17.4 Å². The first kappa shape index (κ1) is 13.2. The average Bonchev–Trinajstić information content (AvgIpc) is 2.99. The molecule has 0 aliphatic carbocycles. The Morgan fingerprint density at radius 1 is 1.61 bits per heavy atom. The minimum absolute atomic E-state index is 0.119. The van der Waals surface area contributed by atoms with Gasteiger partial charge in [0.05, 0.1) is 17.5 Å². The first-order valence-corrected chi connectivity index (χ1v) is 7.59. The van der Waals surface area contributed by atoms with Crippen LogP contribution in [0.15, 0.2) is 28.7 Å². The van der Waals surface area contributed by atoms with E-state index in [-0.39, 0.29) is 11.5 Å². The number of nitrogens with zero attached hydrogens (tertiary/aromatic N) is 1. The number of rotatable bonds is 5. The van der Waals surface area contributed by atoms with Gasteiger partial charge >= 0.3 is 0 Å². The van der Waals surface area contributed by atoms with Crippen molar-refractivity contribution >= 4 is 21.4 Å². The van der Waals surface area contributed by atoms with Gasteiger partial charge in [0.15, 0.2) is 0 Å². The summed E-state index contributed by atoms with van der Waals surface area (Å²) in [5.74, 6) is 0.541. The molecular formula is C10H13N3O3S2. The van der Waals surface area contributed by atoms with E-state index in [1.807, 2.05) is 0 Å². The third-order valence-corrected chi connectivity index (χ3v) is 5.06. The quantitative estimate of drug-likeness (QED) is 0.764. The highest BCUT2D eigenvalue weighted by atomic mass is 32.2. The van der Waals surface area contributed by atoms with Crippen LogP contribution in [0.5, 0.6) is 0 Å². The highest BCUT2D eigenvalue weighted by Crippen LogP contribution is 2.23. The lowest BCUT2D eigenvalue weighted by atomic mass is 10.3. The van der Waals surface area contributed by atoms with Gasteiger partial charge in [-0.15, -0.1) is 11.3 Å². The number of aromatic nitrogens is 2. The Bertz CT molecular complexity index is 604. The summed E-state index contributed by atoms with van der Waals surface area (Å²) in [5.41, 5.74) is 0. The summed E-state index contributed by atoms with van der Waals surface area (Å²) >= 11 is 1.21. The molecule has 3 N–H and O–H groups in total. The molecule has 0 aliphatic heterocycles. The molecule has 8 heteroatoms. The average molecular weight is 287 g/mol. The van der Waals surface area contributed by atoms with Gasteiger partial charge in [-0.1, -0.05) is 0 Å². The summed E-state index contributed by atoms with van der Waals surface area (Å²) in [6, 6.07) is 1.02. The number of aliphatic hydroxyl groups is 1. The molecule has 0 aliphatic rings. The van der Waals surface area contributed by atoms with E-state index >= 15 is 0 Å². The number of imidazole rings is 1. The van der Waals surface area contributed by atoms with Crippen molar-refractivity contribution in [1.82, 2.24) is 14.7 Å². The van der Waals surface area contributed by atoms with Gasteiger partial charge in [-0.3, -0.25) is 0 Å². The van der Waals surface area contributed by atoms with Gasteiger partial charge in [-0.2, -0.15) is 0 Å². The zero-order valence-corrected chi connectivity index (χ0v) is 11.3. The minimum atomic E-state index is -3.64. The van der Waals surface area contributed by atoms with Gasteiger partial charge in [0.25, 0.3) is 0 Å². The molecule has 98 valence electrons. The molecule has 0 radical (unpaired) electrons. The Kier molecular flexibility index (Phi) is 3.81. The molecule has 0 fully saturated rings. The number of aliphatic hydroxyl groups excluding tert-OH is 1. The maximum Gasteiger partial charge on any atom is 0.242 e. The van der Waals surface area contributed by atoms with Crippen LogP contribution in [0.4, 0.5) is 0 Å². The van der Waals surface area contributed by atoms with E-state index in [4.69, 9.17) is 5.11 Å². The molecule has 2 rings (SSSR count). The molecule has 6 nitrogen and oxygen atoms in total. The molecule has 1 atom stereocenters. The third kappa shape index (κ3) is 2.61. The van der Waals surface area contributed by atoms with Crippen LogP contribution in [0.3, 0.4) is 0 Å². The number of aromatic amines is 1. The monoisotopic (exact) mass is 287 g/mol. The van der Waals surface area contributed by atoms with Crippen LogP contribution in [0.25, 0.3) is 0 Å². The topological polar surface area (TPSA) is 95.1 Å². The Hall–Kier alpha value is -1.22.